The standard InChI is InChI=1S/C8H11IO6P2/c9-7-3-1-6(2-4-7)5-8(16(10,11)12)17(13,14)15/h1-4,8H,5H2,(H2,10,11,12)(H2,13,14,15). The SMILES string of the molecule is O=P(O)(O)C(Cc1ccc(I)cc1)P(=O)(O)O. The van der Waals surface area contributed by atoms with Crippen LogP contribution < -0.4 is 0 Å². The van der Waals surface area contributed by atoms with E-state index in [0.717, 1.165) is 3.57 Å². The van der Waals surface area contributed by atoms with Crippen LogP contribution in [0.25, 0.3) is 0 Å². The minimum Gasteiger partial charge on any atom is -0.324 e. The average Bonchev–Trinajstić information content (AvgIpc) is 2.13. The third-order valence-corrected chi connectivity index (χ3v) is 6.55. The number of hydrogen-bond acceptors (Lipinski definition) is 2. The Hall–Kier alpha value is 0.250. The number of halogens is 1. The van der Waals surface area contributed by atoms with E-state index in [9.17, 15) is 9.13 Å². The molecule has 0 fully saturated rings. The fraction of sp³-hybridized carbons (Fsp3) is 0.250. The molecule has 0 spiro atoms. The molecule has 0 radical (unpaired) electrons. The van der Waals surface area contributed by atoms with E-state index in [1.54, 1.807) is 24.3 Å². The Labute approximate surface area is 112 Å². The third kappa shape index (κ3) is 4.79. The molecule has 9 heteroatoms. The van der Waals surface area contributed by atoms with E-state index in [4.69, 9.17) is 19.6 Å². The normalized spacial score (nSPS) is 13.1. The van der Waals surface area contributed by atoms with Crippen molar-refractivity contribution in [2.75, 3.05) is 0 Å². The molecule has 0 aliphatic rings. The third-order valence-electron chi connectivity index (χ3n) is 2.11. The maximum Gasteiger partial charge on any atom is 0.341 e. The molecular weight excluding hydrogens is 381 g/mol. The zero-order valence-corrected chi connectivity index (χ0v) is 12.4. The van der Waals surface area contributed by atoms with E-state index >= 15 is 0 Å². The van der Waals surface area contributed by atoms with Crippen molar-refractivity contribution in [2.24, 2.45) is 0 Å². The molecule has 4 N–H and O–H groups in total. The van der Waals surface area contributed by atoms with Gasteiger partial charge in [-0.25, -0.2) is 0 Å². The van der Waals surface area contributed by atoms with Crippen LogP contribution in [-0.2, 0) is 15.6 Å². The minimum absolute atomic E-state index is 0.356. The lowest BCUT2D eigenvalue weighted by atomic mass is 10.2. The molecule has 6 nitrogen and oxygen atoms in total. The summed E-state index contributed by atoms with van der Waals surface area (Å²) in [5.41, 5.74) is 0.474. The van der Waals surface area contributed by atoms with Gasteiger partial charge in [-0.05, 0) is 46.7 Å². The molecule has 0 atom stereocenters. The van der Waals surface area contributed by atoms with Crippen LogP contribution in [-0.4, -0.2) is 25.0 Å². The van der Waals surface area contributed by atoms with Crippen LogP contribution in [0.2, 0.25) is 0 Å². The number of benzene rings is 1. The summed E-state index contributed by atoms with van der Waals surface area (Å²) in [4.78, 5) is 35.8. The highest BCUT2D eigenvalue weighted by molar-refractivity contribution is 14.1. The molecular formula is C8H11IO6P2. The average molecular weight is 392 g/mol. The maximum atomic E-state index is 11.1. The highest BCUT2D eigenvalue weighted by Crippen LogP contribution is 2.60. The summed E-state index contributed by atoms with van der Waals surface area (Å²) >= 11 is 2.06. The van der Waals surface area contributed by atoms with Crippen LogP contribution in [0.4, 0.5) is 0 Å². The van der Waals surface area contributed by atoms with Crippen LogP contribution in [0.5, 0.6) is 0 Å². The molecule has 0 amide bonds. The van der Waals surface area contributed by atoms with Gasteiger partial charge in [0.1, 0.15) is 0 Å². The van der Waals surface area contributed by atoms with Gasteiger partial charge in [0.2, 0.25) is 0 Å². The maximum absolute atomic E-state index is 11.1. The summed E-state index contributed by atoms with van der Waals surface area (Å²) in [5.74, 6) is 0. The zero-order chi connectivity index (χ0) is 13.3. The van der Waals surface area contributed by atoms with Crippen molar-refractivity contribution in [1.29, 1.82) is 0 Å². The van der Waals surface area contributed by atoms with Crippen LogP contribution in [0, 0.1) is 3.57 Å². The second-order valence-corrected chi connectivity index (χ2v) is 8.75. The van der Waals surface area contributed by atoms with Gasteiger partial charge >= 0.3 is 15.2 Å². The van der Waals surface area contributed by atoms with Gasteiger partial charge < -0.3 is 19.6 Å². The van der Waals surface area contributed by atoms with E-state index in [2.05, 4.69) is 22.6 Å². The van der Waals surface area contributed by atoms with Gasteiger partial charge in [0.15, 0.2) is 5.40 Å². The molecule has 0 aliphatic carbocycles. The molecule has 1 aromatic rings. The lowest BCUT2D eigenvalue weighted by Gasteiger charge is -2.19. The Morgan fingerprint density at radius 1 is 1.00 bits per heavy atom. The summed E-state index contributed by atoms with van der Waals surface area (Å²) in [6.07, 6.45) is -0.356. The fourth-order valence-electron chi connectivity index (χ4n) is 1.27. The first-order valence-corrected chi connectivity index (χ1v) is 8.90. The van der Waals surface area contributed by atoms with E-state index in [0.29, 0.717) is 5.56 Å². The lowest BCUT2D eigenvalue weighted by molar-refractivity contribution is 0.338. The van der Waals surface area contributed by atoms with Crippen molar-refractivity contribution >= 4 is 37.8 Å². The van der Waals surface area contributed by atoms with Gasteiger partial charge in [0.05, 0.1) is 0 Å². The second kappa shape index (κ2) is 5.48. The molecule has 0 bridgehead atoms. The summed E-state index contributed by atoms with van der Waals surface area (Å²) in [5, 5.41) is -1.98. The van der Waals surface area contributed by atoms with Crippen LogP contribution >= 0.6 is 37.8 Å². The largest absolute Gasteiger partial charge is 0.341 e. The Balaban J connectivity index is 3.00. The van der Waals surface area contributed by atoms with Gasteiger partial charge in [0, 0.05) is 3.57 Å². The highest BCUT2D eigenvalue weighted by atomic mass is 127. The van der Waals surface area contributed by atoms with Gasteiger partial charge in [-0.2, -0.15) is 0 Å². The summed E-state index contributed by atoms with van der Waals surface area (Å²) in [6, 6.07) is 6.57. The van der Waals surface area contributed by atoms with Crippen LogP contribution in [0.15, 0.2) is 24.3 Å². The van der Waals surface area contributed by atoms with Gasteiger partial charge in [-0.15, -0.1) is 0 Å². The summed E-state index contributed by atoms with van der Waals surface area (Å²) in [7, 11) is -9.68. The Bertz CT molecular complexity index is 453. The number of rotatable bonds is 4. The molecule has 96 valence electrons. The van der Waals surface area contributed by atoms with E-state index in [1.165, 1.54) is 0 Å². The second-order valence-electron chi connectivity index (χ2n) is 3.49. The first kappa shape index (κ1) is 15.3. The molecule has 1 aromatic carbocycles. The molecule has 0 aromatic heterocycles. The monoisotopic (exact) mass is 392 g/mol. The van der Waals surface area contributed by atoms with Crippen molar-refractivity contribution < 1.29 is 28.7 Å². The fourth-order valence-corrected chi connectivity index (χ4v) is 4.09. The topological polar surface area (TPSA) is 115 Å². The summed E-state index contributed by atoms with van der Waals surface area (Å²) < 4.78 is 23.0. The van der Waals surface area contributed by atoms with Crippen molar-refractivity contribution in [1.82, 2.24) is 0 Å². The van der Waals surface area contributed by atoms with Crippen molar-refractivity contribution in [3.8, 4) is 0 Å². The van der Waals surface area contributed by atoms with E-state index in [-0.39, 0.29) is 6.42 Å². The lowest BCUT2D eigenvalue weighted by Crippen LogP contribution is -2.12. The zero-order valence-electron chi connectivity index (χ0n) is 8.47. The van der Waals surface area contributed by atoms with Crippen LogP contribution in [0.3, 0.4) is 0 Å². The smallest absolute Gasteiger partial charge is 0.324 e. The Morgan fingerprint density at radius 3 is 1.76 bits per heavy atom. The van der Waals surface area contributed by atoms with Gasteiger partial charge in [0.25, 0.3) is 0 Å². The first-order chi connectivity index (χ1) is 7.60. The molecule has 17 heavy (non-hydrogen) atoms. The Kier molecular flexibility index (Phi) is 4.94. The van der Waals surface area contributed by atoms with Crippen LogP contribution in [0.1, 0.15) is 5.56 Å². The summed E-state index contributed by atoms with van der Waals surface area (Å²) in [6.45, 7) is 0. The highest BCUT2D eigenvalue weighted by Gasteiger charge is 2.43. The van der Waals surface area contributed by atoms with Crippen molar-refractivity contribution in [3.63, 3.8) is 0 Å². The molecule has 0 heterocycles. The van der Waals surface area contributed by atoms with Gasteiger partial charge in [-0.1, -0.05) is 12.1 Å². The molecule has 0 aliphatic heterocycles. The van der Waals surface area contributed by atoms with Gasteiger partial charge in [-0.3, -0.25) is 9.13 Å². The van der Waals surface area contributed by atoms with Crippen molar-refractivity contribution in [2.45, 2.75) is 11.8 Å². The molecule has 0 saturated carbocycles. The Morgan fingerprint density at radius 2 is 1.41 bits per heavy atom. The molecule has 0 unspecified atom stereocenters. The first-order valence-electron chi connectivity index (χ1n) is 4.45. The minimum atomic E-state index is -4.84. The van der Waals surface area contributed by atoms with E-state index < -0.39 is 20.6 Å². The predicted molar refractivity (Wildman–Crippen MR) is 70.7 cm³/mol. The predicted octanol–water partition coefficient (Wildman–Crippen LogP) is 1.52. The van der Waals surface area contributed by atoms with Crippen molar-refractivity contribution in [3.05, 3.63) is 33.4 Å². The van der Waals surface area contributed by atoms with E-state index in [1.807, 2.05) is 0 Å². The quantitative estimate of drug-likeness (QED) is 0.456. The number of hydrogen-bond donors (Lipinski definition) is 4. The molecule has 0 saturated heterocycles. The molecule has 1 rings (SSSR count).